The lowest BCUT2D eigenvalue weighted by molar-refractivity contribution is -0.117. The van der Waals surface area contributed by atoms with Gasteiger partial charge >= 0.3 is 6.09 Å². The molecule has 0 aliphatic rings. The van der Waals surface area contributed by atoms with E-state index in [1.54, 1.807) is 39.0 Å². The number of rotatable bonds is 5. The summed E-state index contributed by atoms with van der Waals surface area (Å²) in [6.07, 6.45) is 0.406. The fraction of sp³-hybridized carbons (Fsp3) is 0.333. The number of ether oxygens (including phenoxy) is 1. The van der Waals surface area contributed by atoms with Crippen LogP contribution >= 0.6 is 0 Å². The molecule has 0 saturated heterocycles. The smallest absolute Gasteiger partial charge is 0.410 e. The van der Waals surface area contributed by atoms with E-state index in [2.05, 4.69) is 5.32 Å². The molecule has 2 amide bonds. The molecule has 30 heavy (non-hydrogen) atoms. The molecule has 7 nitrogen and oxygen atoms in total. The third kappa shape index (κ3) is 6.28. The van der Waals surface area contributed by atoms with Gasteiger partial charge < -0.3 is 15.0 Å². The Balaban J connectivity index is 2.16. The first-order valence-corrected chi connectivity index (χ1v) is 11.0. The summed E-state index contributed by atoms with van der Waals surface area (Å²) in [4.78, 5) is 25.3. The van der Waals surface area contributed by atoms with E-state index in [0.717, 1.165) is 17.2 Å². The predicted molar refractivity (Wildman–Crippen MR) is 112 cm³/mol. The third-order valence-electron chi connectivity index (χ3n) is 3.93. The Morgan fingerprint density at radius 3 is 2.33 bits per heavy atom. The fourth-order valence-electron chi connectivity index (χ4n) is 2.62. The number of likely N-dealkylation sites (N-methyl/N-ethyl adjacent to an activating group) is 1. The van der Waals surface area contributed by atoms with Crippen LogP contribution < -0.4 is 5.32 Å². The van der Waals surface area contributed by atoms with Crippen molar-refractivity contribution in [3.05, 3.63) is 48.3 Å². The summed E-state index contributed by atoms with van der Waals surface area (Å²) in [5.41, 5.74) is -0.0662. The molecular weight excluding hydrogens is 411 g/mol. The van der Waals surface area contributed by atoms with Gasteiger partial charge in [0.05, 0.1) is 10.6 Å². The molecule has 0 radical (unpaired) electrons. The lowest BCUT2D eigenvalue weighted by atomic mass is 10.0. The van der Waals surface area contributed by atoms with Gasteiger partial charge in [0.25, 0.3) is 0 Å². The zero-order chi connectivity index (χ0) is 22.7. The van der Waals surface area contributed by atoms with Crippen molar-refractivity contribution in [3.63, 3.8) is 0 Å². The number of halogens is 1. The predicted octanol–water partition coefficient (Wildman–Crippen LogP) is 3.70. The Kier molecular flexibility index (Phi) is 6.87. The van der Waals surface area contributed by atoms with Gasteiger partial charge in [-0.2, -0.15) is 0 Å². The number of anilines is 1. The van der Waals surface area contributed by atoms with Crippen molar-refractivity contribution in [2.45, 2.75) is 31.3 Å². The van der Waals surface area contributed by atoms with E-state index >= 15 is 0 Å². The number of sulfone groups is 1. The van der Waals surface area contributed by atoms with Crippen LogP contribution in [0.1, 0.15) is 20.8 Å². The van der Waals surface area contributed by atoms with Crippen molar-refractivity contribution in [2.75, 3.05) is 25.2 Å². The molecule has 0 heterocycles. The highest BCUT2D eigenvalue weighted by Crippen LogP contribution is 2.29. The second kappa shape index (κ2) is 8.83. The van der Waals surface area contributed by atoms with Crippen molar-refractivity contribution in [3.8, 4) is 11.1 Å². The van der Waals surface area contributed by atoms with Crippen molar-refractivity contribution < 1.29 is 27.1 Å². The van der Waals surface area contributed by atoms with Crippen molar-refractivity contribution in [1.29, 1.82) is 0 Å². The fourth-order valence-corrected chi connectivity index (χ4v) is 3.53. The van der Waals surface area contributed by atoms with E-state index in [4.69, 9.17) is 4.74 Å². The van der Waals surface area contributed by atoms with Crippen LogP contribution in [0, 0.1) is 5.82 Å². The normalized spacial score (nSPS) is 11.7. The lowest BCUT2D eigenvalue weighted by Crippen LogP contribution is -2.38. The average molecular weight is 437 g/mol. The maximum Gasteiger partial charge on any atom is 0.410 e. The first-order valence-electron chi connectivity index (χ1n) is 9.11. The Bertz CT molecular complexity index is 1060. The van der Waals surface area contributed by atoms with Crippen molar-refractivity contribution in [2.24, 2.45) is 0 Å². The van der Waals surface area contributed by atoms with Gasteiger partial charge in [0.2, 0.25) is 5.91 Å². The highest BCUT2D eigenvalue weighted by Gasteiger charge is 2.22. The molecule has 2 aromatic rings. The Labute approximate surface area is 175 Å². The second-order valence-corrected chi connectivity index (χ2v) is 9.83. The van der Waals surface area contributed by atoms with Crippen LogP contribution in [0.15, 0.2) is 47.4 Å². The molecule has 0 saturated carbocycles. The molecule has 0 aromatic heterocycles. The number of amides is 2. The van der Waals surface area contributed by atoms with Gasteiger partial charge in [-0.05, 0) is 44.5 Å². The average Bonchev–Trinajstić information content (AvgIpc) is 2.61. The van der Waals surface area contributed by atoms with E-state index in [1.807, 2.05) is 0 Å². The van der Waals surface area contributed by atoms with Gasteiger partial charge in [0, 0.05) is 18.9 Å². The first-order chi connectivity index (χ1) is 13.8. The van der Waals surface area contributed by atoms with E-state index in [-0.39, 0.29) is 17.1 Å². The lowest BCUT2D eigenvalue weighted by Gasteiger charge is -2.24. The van der Waals surface area contributed by atoms with Crippen LogP contribution in [-0.4, -0.2) is 50.8 Å². The number of hydrogen-bond acceptors (Lipinski definition) is 5. The van der Waals surface area contributed by atoms with Crippen LogP contribution in [0.3, 0.4) is 0 Å². The first kappa shape index (κ1) is 23.3. The van der Waals surface area contributed by atoms with Gasteiger partial charge in [0.1, 0.15) is 18.0 Å². The maximum atomic E-state index is 14.6. The molecule has 2 aromatic carbocycles. The number of nitrogens with one attached hydrogen (secondary N) is 1. The number of carbonyl (C=O) groups is 2. The van der Waals surface area contributed by atoms with Gasteiger partial charge in [0.15, 0.2) is 9.84 Å². The van der Waals surface area contributed by atoms with E-state index in [0.29, 0.717) is 11.1 Å². The summed E-state index contributed by atoms with van der Waals surface area (Å²) in [6, 6.07) is 10.3. The molecule has 0 unspecified atom stereocenters. The number of hydrogen-bond donors (Lipinski definition) is 1. The molecule has 0 spiro atoms. The minimum absolute atomic E-state index is 0.0835. The summed E-state index contributed by atoms with van der Waals surface area (Å²) in [5, 5.41) is 2.40. The number of carbonyl (C=O) groups excluding carboxylic acids is 2. The SMILES string of the molecule is CN(CC(=O)Nc1ccc(-c2ccccc2S(C)(=O)=O)cc1F)C(=O)OC(C)(C)C. The molecule has 0 aliphatic carbocycles. The highest BCUT2D eigenvalue weighted by atomic mass is 32.2. The molecule has 162 valence electrons. The zero-order valence-corrected chi connectivity index (χ0v) is 18.3. The van der Waals surface area contributed by atoms with Crippen LogP contribution in [0.25, 0.3) is 11.1 Å². The minimum Gasteiger partial charge on any atom is -0.444 e. The van der Waals surface area contributed by atoms with Gasteiger partial charge in [-0.1, -0.05) is 24.3 Å². The summed E-state index contributed by atoms with van der Waals surface area (Å²) < 4.78 is 43.7. The van der Waals surface area contributed by atoms with E-state index in [9.17, 15) is 22.4 Å². The number of nitrogens with zero attached hydrogens (tertiary/aromatic N) is 1. The van der Waals surface area contributed by atoms with Crippen LogP contribution in [0.5, 0.6) is 0 Å². The molecule has 2 rings (SSSR count). The Hall–Kier alpha value is -2.94. The molecular formula is C21H25FN2O5S. The molecule has 0 atom stereocenters. The molecule has 0 bridgehead atoms. The molecule has 0 aliphatic heterocycles. The maximum absolute atomic E-state index is 14.6. The Morgan fingerprint density at radius 1 is 1.13 bits per heavy atom. The Morgan fingerprint density at radius 2 is 1.77 bits per heavy atom. The van der Waals surface area contributed by atoms with E-state index < -0.39 is 33.3 Å². The second-order valence-electron chi connectivity index (χ2n) is 7.85. The van der Waals surface area contributed by atoms with Gasteiger partial charge in [-0.3, -0.25) is 4.79 Å². The number of benzene rings is 2. The summed E-state index contributed by atoms with van der Waals surface area (Å²) in [5.74, 6) is -1.34. The van der Waals surface area contributed by atoms with Gasteiger partial charge in [-0.15, -0.1) is 0 Å². The molecule has 0 fully saturated rings. The molecule has 1 N–H and O–H groups in total. The van der Waals surface area contributed by atoms with Crippen molar-refractivity contribution >= 4 is 27.5 Å². The monoisotopic (exact) mass is 436 g/mol. The zero-order valence-electron chi connectivity index (χ0n) is 17.5. The molecule has 9 heteroatoms. The van der Waals surface area contributed by atoms with Crippen LogP contribution in [-0.2, 0) is 19.4 Å². The summed E-state index contributed by atoms with van der Waals surface area (Å²) >= 11 is 0. The van der Waals surface area contributed by atoms with E-state index in [1.165, 1.54) is 25.2 Å². The third-order valence-corrected chi connectivity index (χ3v) is 5.08. The summed E-state index contributed by atoms with van der Waals surface area (Å²) in [7, 11) is -2.10. The summed E-state index contributed by atoms with van der Waals surface area (Å²) in [6.45, 7) is 4.79. The van der Waals surface area contributed by atoms with Crippen molar-refractivity contribution in [1.82, 2.24) is 4.90 Å². The quantitative estimate of drug-likeness (QED) is 0.772. The minimum atomic E-state index is -3.50. The highest BCUT2D eigenvalue weighted by molar-refractivity contribution is 7.90. The van der Waals surface area contributed by atoms with Gasteiger partial charge in [-0.25, -0.2) is 17.6 Å². The topological polar surface area (TPSA) is 92.8 Å². The van der Waals surface area contributed by atoms with Crippen LogP contribution in [0.2, 0.25) is 0 Å². The van der Waals surface area contributed by atoms with Crippen LogP contribution in [0.4, 0.5) is 14.9 Å². The largest absolute Gasteiger partial charge is 0.444 e. The standard InChI is InChI=1S/C21H25FN2O5S/c1-21(2,3)29-20(26)24(4)13-19(25)23-17-11-10-14(12-16(17)22)15-8-6-7-9-18(15)30(5,27)28/h6-12H,13H2,1-5H3,(H,23,25).